The van der Waals surface area contributed by atoms with Gasteiger partial charge in [0, 0.05) is 20.0 Å². The molecule has 0 radical (unpaired) electrons. The Kier molecular flexibility index (Phi) is 4.56. The van der Waals surface area contributed by atoms with Gasteiger partial charge >= 0.3 is 0 Å². The molecule has 1 aromatic rings. The van der Waals surface area contributed by atoms with Crippen LogP contribution < -0.4 is 4.74 Å². The average Bonchev–Trinajstić information content (AvgIpc) is 2.29. The second kappa shape index (κ2) is 5.71. The number of likely N-dealkylation sites (N-methyl/N-ethyl adjacent to an activating group) is 1. The third kappa shape index (κ3) is 3.51. The van der Waals surface area contributed by atoms with Gasteiger partial charge < -0.3 is 9.64 Å². The highest BCUT2D eigenvalue weighted by Gasteiger charge is 2.03. The molecule has 0 unspecified atom stereocenters. The predicted molar refractivity (Wildman–Crippen MR) is 67.6 cm³/mol. The van der Waals surface area contributed by atoms with Gasteiger partial charge in [-0.25, -0.2) is 0 Å². The van der Waals surface area contributed by atoms with Crippen LogP contribution in [0.3, 0.4) is 0 Å². The highest BCUT2D eigenvalue weighted by atomic mass is 32.1. The van der Waals surface area contributed by atoms with Gasteiger partial charge in [-0.2, -0.15) is 0 Å². The van der Waals surface area contributed by atoms with E-state index in [1.165, 1.54) is 5.56 Å². The van der Waals surface area contributed by atoms with Gasteiger partial charge in [0.1, 0.15) is 5.75 Å². The van der Waals surface area contributed by atoms with Crippen LogP contribution in [0.5, 0.6) is 5.75 Å². The number of nitrogens with zero attached hydrogens (tertiary/aromatic N) is 1. The van der Waals surface area contributed by atoms with Crippen LogP contribution in [0.2, 0.25) is 0 Å². The van der Waals surface area contributed by atoms with E-state index in [9.17, 15) is 0 Å². The molecule has 0 fully saturated rings. The summed E-state index contributed by atoms with van der Waals surface area (Å²) in [6, 6.07) is 8.02. The Morgan fingerprint density at radius 3 is 2.40 bits per heavy atom. The Bertz CT molecular complexity index is 321. The Morgan fingerprint density at radius 2 is 1.93 bits per heavy atom. The van der Waals surface area contributed by atoms with E-state index in [4.69, 9.17) is 17.0 Å². The van der Waals surface area contributed by atoms with Crippen LogP contribution in [0.1, 0.15) is 12.5 Å². The molecule has 15 heavy (non-hydrogen) atoms. The molecule has 0 heterocycles. The largest absolute Gasteiger partial charge is 0.497 e. The van der Waals surface area contributed by atoms with Gasteiger partial charge in [0.25, 0.3) is 0 Å². The van der Waals surface area contributed by atoms with Gasteiger partial charge in [0.2, 0.25) is 0 Å². The lowest BCUT2D eigenvalue weighted by Crippen LogP contribution is -2.26. The highest BCUT2D eigenvalue weighted by molar-refractivity contribution is 7.80. The number of benzene rings is 1. The summed E-state index contributed by atoms with van der Waals surface area (Å²) >= 11 is 5.31. The van der Waals surface area contributed by atoms with Crippen LogP contribution in [0.15, 0.2) is 24.3 Å². The van der Waals surface area contributed by atoms with Crippen molar-refractivity contribution in [3.8, 4) is 5.75 Å². The van der Waals surface area contributed by atoms with Crippen molar-refractivity contribution in [3.05, 3.63) is 29.8 Å². The normalized spacial score (nSPS) is 9.80. The zero-order valence-electron chi connectivity index (χ0n) is 9.49. The zero-order valence-corrected chi connectivity index (χ0v) is 10.3. The van der Waals surface area contributed by atoms with Crippen molar-refractivity contribution in [2.45, 2.75) is 13.3 Å². The first kappa shape index (κ1) is 12.0. The minimum absolute atomic E-state index is 0.823. The lowest BCUT2D eigenvalue weighted by Gasteiger charge is -2.17. The van der Waals surface area contributed by atoms with Crippen molar-refractivity contribution in [1.82, 2.24) is 4.90 Å². The van der Waals surface area contributed by atoms with E-state index in [0.717, 1.165) is 23.7 Å². The summed E-state index contributed by atoms with van der Waals surface area (Å²) in [7, 11) is 3.69. The van der Waals surface area contributed by atoms with Crippen molar-refractivity contribution in [1.29, 1.82) is 0 Å². The lowest BCUT2D eigenvalue weighted by molar-refractivity contribution is 0.414. The number of methoxy groups -OCH3 is 1. The molecule has 3 heteroatoms. The summed E-state index contributed by atoms with van der Waals surface area (Å²) in [5, 5.41) is 0. The van der Waals surface area contributed by atoms with Gasteiger partial charge in [-0.15, -0.1) is 0 Å². The summed E-state index contributed by atoms with van der Waals surface area (Å²) in [6.45, 7) is 3.05. The van der Waals surface area contributed by atoms with E-state index in [2.05, 4.69) is 24.0 Å². The van der Waals surface area contributed by atoms with Crippen molar-refractivity contribution in [2.24, 2.45) is 0 Å². The molecule has 0 spiro atoms. The summed E-state index contributed by atoms with van der Waals surface area (Å²) in [5.74, 6) is 0.883. The quantitative estimate of drug-likeness (QED) is 0.728. The van der Waals surface area contributed by atoms with E-state index in [0.29, 0.717) is 0 Å². The monoisotopic (exact) mass is 223 g/mol. The van der Waals surface area contributed by atoms with Crippen molar-refractivity contribution in [3.63, 3.8) is 0 Å². The molecule has 0 atom stereocenters. The fourth-order valence-electron chi connectivity index (χ4n) is 1.23. The maximum absolute atomic E-state index is 5.31. The topological polar surface area (TPSA) is 12.5 Å². The second-order valence-electron chi connectivity index (χ2n) is 3.43. The van der Waals surface area contributed by atoms with E-state index in [-0.39, 0.29) is 0 Å². The summed E-state index contributed by atoms with van der Waals surface area (Å²) < 4.78 is 5.10. The number of rotatable bonds is 4. The van der Waals surface area contributed by atoms with Crippen molar-refractivity contribution < 1.29 is 4.74 Å². The fraction of sp³-hybridized carbons (Fsp3) is 0.417. The summed E-state index contributed by atoms with van der Waals surface area (Å²) in [5.41, 5.74) is 1.22. The van der Waals surface area contributed by atoms with Crippen LogP contribution >= 0.6 is 12.2 Å². The molecule has 0 bridgehead atoms. The molecule has 0 aliphatic heterocycles. The van der Waals surface area contributed by atoms with Crippen LogP contribution in [-0.4, -0.2) is 30.6 Å². The number of thiocarbonyl (C=S) groups is 1. The molecular formula is C12H17NOS. The predicted octanol–water partition coefficient (Wildman–Crippen LogP) is 2.52. The molecule has 2 nitrogen and oxygen atoms in total. The molecule has 0 aromatic heterocycles. The van der Waals surface area contributed by atoms with Gasteiger partial charge in [0.15, 0.2) is 0 Å². The molecule has 0 amide bonds. The minimum atomic E-state index is 0.823. The molecule has 1 rings (SSSR count). The van der Waals surface area contributed by atoms with E-state index < -0.39 is 0 Å². The highest BCUT2D eigenvalue weighted by Crippen LogP contribution is 2.12. The molecule has 0 aliphatic rings. The van der Waals surface area contributed by atoms with E-state index in [1.807, 2.05) is 19.2 Å². The Labute approximate surface area is 96.9 Å². The molecule has 1 aromatic carbocycles. The van der Waals surface area contributed by atoms with Crippen molar-refractivity contribution in [2.75, 3.05) is 20.7 Å². The van der Waals surface area contributed by atoms with Gasteiger partial charge in [-0.1, -0.05) is 24.4 Å². The van der Waals surface area contributed by atoms with Crippen molar-refractivity contribution >= 4 is 17.2 Å². The maximum Gasteiger partial charge on any atom is 0.118 e. The Morgan fingerprint density at radius 1 is 1.33 bits per heavy atom. The smallest absolute Gasteiger partial charge is 0.118 e. The lowest BCUT2D eigenvalue weighted by atomic mass is 10.1. The summed E-state index contributed by atoms with van der Waals surface area (Å²) in [4.78, 5) is 3.06. The molecule has 0 saturated heterocycles. The van der Waals surface area contributed by atoms with Crippen LogP contribution in [0.4, 0.5) is 0 Å². The molecule has 82 valence electrons. The van der Waals surface area contributed by atoms with Crippen LogP contribution in [0, 0.1) is 0 Å². The maximum atomic E-state index is 5.31. The second-order valence-corrected chi connectivity index (χ2v) is 3.90. The first-order valence-electron chi connectivity index (χ1n) is 5.04. The third-order valence-corrected chi connectivity index (χ3v) is 2.87. The first-order chi connectivity index (χ1) is 7.17. The molecule has 0 saturated carbocycles. The van der Waals surface area contributed by atoms with Gasteiger partial charge in [-0.05, 0) is 24.6 Å². The first-order valence-corrected chi connectivity index (χ1v) is 5.45. The third-order valence-electron chi connectivity index (χ3n) is 2.41. The Balaban J connectivity index is 2.61. The summed E-state index contributed by atoms with van der Waals surface area (Å²) in [6.07, 6.45) is 0.823. The molecule has 0 N–H and O–H groups in total. The van der Waals surface area contributed by atoms with E-state index >= 15 is 0 Å². The zero-order chi connectivity index (χ0) is 11.3. The molecular weight excluding hydrogens is 206 g/mol. The van der Waals surface area contributed by atoms with Crippen LogP contribution in [-0.2, 0) is 6.42 Å². The number of ether oxygens (including phenoxy) is 1. The molecule has 0 aliphatic carbocycles. The standard InChI is InChI=1S/C12H17NOS/c1-4-13(2)12(15)9-10-5-7-11(14-3)8-6-10/h5-8H,4,9H2,1-3H3. The number of hydrogen-bond donors (Lipinski definition) is 0. The Hall–Kier alpha value is -1.09. The minimum Gasteiger partial charge on any atom is -0.497 e. The van der Waals surface area contributed by atoms with Gasteiger partial charge in [-0.3, -0.25) is 0 Å². The number of hydrogen-bond acceptors (Lipinski definition) is 2. The SMILES string of the molecule is CCN(C)C(=S)Cc1ccc(OC)cc1. The van der Waals surface area contributed by atoms with E-state index in [1.54, 1.807) is 7.11 Å². The van der Waals surface area contributed by atoms with Gasteiger partial charge in [0.05, 0.1) is 12.1 Å². The fourth-order valence-corrected chi connectivity index (χ4v) is 1.53. The average molecular weight is 223 g/mol. The van der Waals surface area contributed by atoms with Crippen LogP contribution in [0.25, 0.3) is 0 Å².